The summed E-state index contributed by atoms with van der Waals surface area (Å²) in [5.41, 5.74) is 6.29. The molecule has 0 saturated heterocycles. The number of carbonyl (C=O) groups excluding carboxylic acids is 1. The van der Waals surface area contributed by atoms with Crippen LogP contribution in [-0.2, 0) is 0 Å². The van der Waals surface area contributed by atoms with Gasteiger partial charge in [-0.3, -0.25) is 4.79 Å². The molecule has 20 heavy (non-hydrogen) atoms. The number of ether oxygens (including phenoxy) is 1. The van der Waals surface area contributed by atoms with Gasteiger partial charge in [0.05, 0.1) is 12.2 Å². The minimum Gasteiger partial charge on any atom is -0.492 e. The Kier molecular flexibility index (Phi) is 4.95. The summed E-state index contributed by atoms with van der Waals surface area (Å²) in [7, 11) is 0. The molecular formula is C14H15N3O2S. The second-order valence-corrected chi connectivity index (χ2v) is 5.08. The number of ketones is 1. The minimum atomic E-state index is -0.00794. The summed E-state index contributed by atoms with van der Waals surface area (Å²) in [4.78, 5) is 19.5. The SMILES string of the molecule is CC(=O)c1ccccc1OCCSc1nccnc1N. The Hall–Kier alpha value is -2.08. The van der Waals surface area contributed by atoms with Crippen LogP contribution in [0.5, 0.6) is 5.75 Å². The van der Waals surface area contributed by atoms with Crippen molar-refractivity contribution < 1.29 is 9.53 Å². The van der Waals surface area contributed by atoms with E-state index in [-0.39, 0.29) is 5.78 Å². The van der Waals surface area contributed by atoms with E-state index in [1.165, 1.54) is 18.7 Å². The smallest absolute Gasteiger partial charge is 0.163 e. The third-order valence-electron chi connectivity index (χ3n) is 2.54. The molecule has 2 rings (SSSR count). The molecule has 2 N–H and O–H groups in total. The predicted octanol–water partition coefficient (Wildman–Crippen LogP) is 2.43. The molecule has 1 aromatic carbocycles. The number of hydrogen-bond acceptors (Lipinski definition) is 6. The van der Waals surface area contributed by atoms with Crippen LogP contribution in [0.25, 0.3) is 0 Å². The van der Waals surface area contributed by atoms with Gasteiger partial charge in [0.1, 0.15) is 10.8 Å². The molecule has 0 spiro atoms. The number of rotatable bonds is 6. The van der Waals surface area contributed by atoms with Gasteiger partial charge in [-0.1, -0.05) is 23.9 Å². The summed E-state index contributed by atoms with van der Waals surface area (Å²) < 4.78 is 5.63. The molecule has 2 aromatic rings. The van der Waals surface area contributed by atoms with Gasteiger partial charge in [0.25, 0.3) is 0 Å². The number of carbonyl (C=O) groups is 1. The first-order valence-corrected chi connectivity index (χ1v) is 7.09. The standard InChI is InChI=1S/C14H15N3O2S/c1-10(18)11-4-2-3-5-12(11)19-8-9-20-14-13(15)16-6-7-17-14/h2-7H,8-9H2,1H3,(H2,15,16). The average Bonchev–Trinajstić information content (AvgIpc) is 2.45. The summed E-state index contributed by atoms with van der Waals surface area (Å²) in [6, 6.07) is 7.21. The molecule has 0 radical (unpaired) electrons. The van der Waals surface area contributed by atoms with Crippen LogP contribution in [-0.4, -0.2) is 28.1 Å². The number of nitrogens with zero attached hydrogens (tertiary/aromatic N) is 2. The molecular weight excluding hydrogens is 274 g/mol. The molecule has 1 heterocycles. The number of thioether (sulfide) groups is 1. The van der Waals surface area contributed by atoms with Crippen LogP contribution in [0.2, 0.25) is 0 Å². The van der Waals surface area contributed by atoms with Crippen LogP contribution in [0.4, 0.5) is 5.82 Å². The number of para-hydroxylation sites is 1. The number of aromatic nitrogens is 2. The van der Waals surface area contributed by atoms with E-state index in [2.05, 4.69) is 9.97 Å². The van der Waals surface area contributed by atoms with Crippen LogP contribution in [0, 0.1) is 0 Å². The lowest BCUT2D eigenvalue weighted by Crippen LogP contribution is -2.05. The van der Waals surface area contributed by atoms with Crippen LogP contribution in [0.1, 0.15) is 17.3 Å². The second-order valence-electron chi connectivity index (χ2n) is 4.00. The Balaban J connectivity index is 1.88. The molecule has 0 saturated carbocycles. The van der Waals surface area contributed by atoms with E-state index in [9.17, 15) is 4.79 Å². The van der Waals surface area contributed by atoms with E-state index in [1.807, 2.05) is 12.1 Å². The van der Waals surface area contributed by atoms with Crippen LogP contribution < -0.4 is 10.5 Å². The maximum Gasteiger partial charge on any atom is 0.163 e. The van der Waals surface area contributed by atoms with Gasteiger partial charge in [-0.15, -0.1) is 0 Å². The first-order valence-electron chi connectivity index (χ1n) is 6.10. The van der Waals surface area contributed by atoms with Crippen molar-refractivity contribution >= 4 is 23.4 Å². The number of nitrogens with two attached hydrogens (primary N) is 1. The highest BCUT2D eigenvalue weighted by molar-refractivity contribution is 7.99. The summed E-state index contributed by atoms with van der Waals surface area (Å²) in [5, 5.41) is 0.691. The van der Waals surface area contributed by atoms with Crippen LogP contribution >= 0.6 is 11.8 Å². The number of Topliss-reactive ketones (excluding diaryl/α,β-unsaturated/α-hetero) is 1. The lowest BCUT2D eigenvalue weighted by atomic mass is 10.1. The van der Waals surface area contributed by atoms with E-state index in [0.29, 0.717) is 34.5 Å². The fraction of sp³-hybridized carbons (Fsp3) is 0.214. The maximum absolute atomic E-state index is 11.4. The molecule has 6 heteroatoms. The highest BCUT2D eigenvalue weighted by Crippen LogP contribution is 2.21. The van der Waals surface area contributed by atoms with Crippen molar-refractivity contribution in [3.05, 3.63) is 42.2 Å². The van der Waals surface area contributed by atoms with Gasteiger partial charge in [-0.25, -0.2) is 9.97 Å². The van der Waals surface area contributed by atoms with Crippen molar-refractivity contribution in [3.8, 4) is 5.75 Å². The van der Waals surface area contributed by atoms with Crippen molar-refractivity contribution in [1.29, 1.82) is 0 Å². The molecule has 0 fully saturated rings. The van der Waals surface area contributed by atoms with Crippen molar-refractivity contribution in [1.82, 2.24) is 9.97 Å². The van der Waals surface area contributed by atoms with Crippen molar-refractivity contribution in [3.63, 3.8) is 0 Å². The van der Waals surface area contributed by atoms with Gasteiger partial charge in [-0.2, -0.15) is 0 Å². The summed E-state index contributed by atoms with van der Waals surface area (Å²) in [5.74, 6) is 1.69. The van der Waals surface area contributed by atoms with E-state index < -0.39 is 0 Å². The number of nitrogen functional groups attached to an aromatic ring is 1. The van der Waals surface area contributed by atoms with E-state index in [0.717, 1.165) is 0 Å². The van der Waals surface area contributed by atoms with Gasteiger partial charge < -0.3 is 10.5 Å². The molecule has 0 bridgehead atoms. The van der Waals surface area contributed by atoms with Gasteiger partial charge in [-0.05, 0) is 19.1 Å². The van der Waals surface area contributed by atoms with Crippen LogP contribution in [0.15, 0.2) is 41.7 Å². The zero-order chi connectivity index (χ0) is 14.4. The molecule has 1 aromatic heterocycles. The highest BCUT2D eigenvalue weighted by atomic mass is 32.2. The first-order chi connectivity index (χ1) is 9.68. The van der Waals surface area contributed by atoms with E-state index >= 15 is 0 Å². The zero-order valence-corrected chi connectivity index (χ0v) is 11.9. The fourth-order valence-corrected chi connectivity index (χ4v) is 2.32. The number of anilines is 1. The molecule has 0 aliphatic carbocycles. The normalized spacial score (nSPS) is 10.2. The lowest BCUT2D eigenvalue weighted by Gasteiger charge is -2.09. The van der Waals surface area contributed by atoms with Gasteiger partial charge in [0.15, 0.2) is 11.6 Å². The maximum atomic E-state index is 11.4. The largest absolute Gasteiger partial charge is 0.492 e. The van der Waals surface area contributed by atoms with Crippen LogP contribution in [0.3, 0.4) is 0 Å². The van der Waals surface area contributed by atoms with E-state index in [1.54, 1.807) is 24.5 Å². The number of hydrogen-bond donors (Lipinski definition) is 1. The van der Waals surface area contributed by atoms with Crippen molar-refractivity contribution in [2.75, 3.05) is 18.1 Å². The third-order valence-corrected chi connectivity index (χ3v) is 3.50. The monoisotopic (exact) mass is 289 g/mol. The summed E-state index contributed by atoms with van der Waals surface area (Å²) in [6.45, 7) is 1.99. The van der Waals surface area contributed by atoms with Gasteiger partial charge in [0.2, 0.25) is 0 Å². The first kappa shape index (κ1) is 14.3. The quantitative estimate of drug-likeness (QED) is 0.500. The predicted molar refractivity (Wildman–Crippen MR) is 79.1 cm³/mol. The van der Waals surface area contributed by atoms with E-state index in [4.69, 9.17) is 10.5 Å². The Bertz CT molecular complexity index is 604. The highest BCUT2D eigenvalue weighted by Gasteiger charge is 2.07. The lowest BCUT2D eigenvalue weighted by molar-refractivity contribution is 0.101. The summed E-state index contributed by atoms with van der Waals surface area (Å²) >= 11 is 1.47. The van der Waals surface area contributed by atoms with Crippen molar-refractivity contribution in [2.45, 2.75) is 11.9 Å². The second kappa shape index (κ2) is 6.91. The topological polar surface area (TPSA) is 78.1 Å². The Morgan fingerprint density at radius 3 is 2.80 bits per heavy atom. The zero-order valence-electron chi connectivity index (χ0n) is 11.1. The summed E-state index contributed by atoms with van der Waals surface area (Å²) in [6.07, 6.45) is 3.16. The molecule has 104 valence electrons. The Morgan fingerprint density at radius 2 is 2.05 bits per heavy atom. The van der Waals surface area contributed by atoms with Gasteiger partial charge >= 0.3 is 0 Å². The van der Waals surface area contributed by atoms with Crippen molar-refractivity contribution in [2.24, 2.45) is 0 Å². The average molecular weight is 289 g/mol. The number of benzene rings is 1. The molecule has 0 aliphatic heterocycles. The Labute approximate surface area is 121 Å². The molecule has 0 amide bonds. The molecule has 5 nitrogen and oxygen atoms in total. The fourth-order valence-electron chi connectivity index (χ4n) is 1.62. The molecule has 0 unspecified atom stereocenters. The Morgan fingerprint density at radius 1 is 1.30 bits per heavy atom. The van der Waals surface area contributed by atoms with Gasteiger partial charge in [0, 0.05) is 18.1 Å². The minimum absolute atomic E-state index is 0.00794. The molecule has 0 aliphatic rings. The molecule has 0 atom stereocenters. The third kappa shape index (κ3) is 3.71.